The van der Waals surface area contributed by atoms with E-state index in [0.29, 0.717) is 18.2 Å². The van der Waals surface area contributed by atoms with Crippen molar-refractivity contribution in [1.82, 2.24) is 10.6 Å². The van der Waals surface area contributed by atoms with E-state index in [2.05, 4.69) is 24.5 Å². The van der Waals surface area contributed by atoms with Crippen molar-refractivity contribution in [2.45, 2.75) is 70.2 Å². The van der Waals surface area contributed by atoms with E-state index < -0.39 is 0 Å². The van der Waals surface area contributed by atoms with Gasteiger partial charge in [-0.2, -0.15) is 0 Å². The molecule has 0 aromatic carbocycles. The molecular formula is C13H26N2O. The first-order valence-electron chi connectivity index (χ1n) is 6.85. The van der Waals surface area contributed by atoms with E-state index in [-0.39, 0.29) is 0 Å². The molecule has 2 saturated heterocycles. The topological polar surface area (TPSA) is 33.3 Å². The van der Waals surface area contributed by atoms with E-state index >= 15 is 0 Å². The van der Waals surface area contributed by atoms with Crippen LogP contribution in [0, 0.1) is 0 Å². The Hall–Kier alpha value is -0.120. The third-order valence-electron chi connectivity index (χ3n) is 3.81. The second-order valence-electron chi connectivity index (χ2n) is 5.50. The van der Waals surface area contributed by atoms with Crippen molar-refractivity contribution in [3.63, 3.8) is 0 Å². The van der Waals surface area contributed by atoms with Gasteiger partial charge in [-0.05, 0) is 52.5 Å². The Morgan fingerprint density at radius 1 is 1.44 bits per heavy atom. The fraction of sp³-hybridized carbons (Fsp3) is 1.00. The fourth-order valence-electron chi connectivity index (χ4n) is 3.00. The van der Waals surface area contributed by atoms with Crippen LogP contribution < -0.4 is 10.6 Å². The van der Waals surface area contributed by atoms with Gasteiger partial charge in [-0.3, -0.25) is 0 Å². The molecule has 2 rings (SSSR count). The lowest BCUT2D eigenvalue weighted by molar-refractivity contribution is 0.0113. The quantitative estimate of drug-likeness (QED) is 0.765. The molecule has 0 aromatic rings. The minimum Gasteiger partial charge on any atom is -0.378 e. The molecule has 2 heterocycles. The molecule has 0 bridgehead atoms. The molecular weight excluding hydrogens is 200 g/mol. The van der Waals surface area contributed by atoms with Gasteiger partial charge in [0.1, 0.15) is 0 Å². The summed E-state index contributed by atoms with van der Waals surface area (Å²) in [6.07, 6.45) is 6.76. The Morgan fingerprint density at radius 3 is 3.00 bits per heavy atom. The van der Waals surface area contributed by atoms with Gasteiger partial charge in [-0.15, -0.1) is 0 Å². The summed E-state index contributed by atoms with van der Waals surface area (Å²) in [4.78, 5) is 0. The molecule has 0 saturated carbocycles. The molecule has 16 heavy (non-hydrogen) atoms. The first-order chi connectivity index (χ1) is 7.74. The fourth-order valence-corrected chi connectivity index (χ4v) is 3.00. The molecule has 3 heteroatoms. The predicted octanol–water partition coefficient (Wildman–Crippen LogP) is 1.67. The number of hydrogen-bond donors (Lipinski definition) is 2. The molecule has 2 N–H and O–H groups in total. The third kappa shape index (κ3) is 3.72. The van der Waals surface area contributed by atoms with Crippen molar-refractivity contribution < 1.29 is 4.74 Å². The van der Waals surface area contributed by atoms with Crippen molar-refractivity contribution in [2.75, 3.05) is 13.2 Å². The van der Waals surface area contributed by atoms with Crippen LogP contribution in [0.3, 0.4) is 0 Å². The molecule has 0 spiro atoms. The first kappa shape index (κ1) is 12.3. The van der Waals surface area contributed by atoms with Crippen molar-refractivity contribution in [1.29, 1.82) is 0 Å². The largest absolute Gasteiger partial charge is 0.378 e. The van der Waals surface area contributed by atoms with Crippen LogP contribution in [0.25, 0.3) is 0 Å². The van der Waals surface area contributed by atoms with E-state index in [0.717, 1.165) is 12.6 Å². The molecule has 0 aromatic heterocycles. The minimum atomic E-state index is 0.433. The zero-order chi connectivity index (χ0) is 11.4. The van der Waals surface area contributed by atoms with Crippen molar-refractivity contribution >= 4 is 0 Å². The lowest BCUT2D eigenvalue weighted by atomic mass is 10.0. The summed E-state index contributed by atoms with van der Waals surface area (Å²) in [5.74, 6) is 0. The monoisotopic (exact) mass is 226 g/mol. The average Bonchev–Trinajstić information content (AvgIpc) is 2.70. The SMILES string of the molecule is CC(CC1CCCN1)NC1CCOC(C)C1. The highest BCUT2D eigenvalue weighted by molar-refractivity contribution is 4.82. The molecule has 94 valence electrons. The molecule has 0 aliphatic carbocycles. The average molecular weight is 226 g/mol. The van der Waals surface area contributed by atoms with E-state index in [9.17, 15) is 0 Å². The lowest BCUT2D eigenvalue weighted by Crippen LogP contribution is -2.44. The standard InChI is InChI=1S/C13H26N2O/c1-10(8-12-4-3-6-14-12)15-13-5-7-16-11(2)9-13/h10-15H,3-9H2,1-2H3. The molecule has 2 aliphatic heterocycles. The maximum atomic E-state index is 5.57. The normalized spacial score (nSPS) is 37.5. The third-order valence-corrected chi connectivity index (χ3v) is 3.81. The summed E-state index contributed by atoms with van der Waals surface area (Å²) >= 11 is 0. The second kappa shape index (κ2) is 5.99. The van der Waals surface area contributed by atoms with Crippen molar-refractivity contribution in [3.8, 4) is 0 Å². The summed E-state index contributed by atoms with van der Waals surface area (Å²) in [6, 6.07) is 2.05. The van der Waals surface area contributed by atoms with Crippen LogP contribution in [0.4, 0.5) is 0 Å². The summed E-state index contributed by atoms with van der Waals surface area (Å²) in [7, 11) is 0. The van der Waals surface area contributed by atoms with E-state index in [1.165, 1.54) is 38.6 Å². The number of hydrogen-bond acceptors (Lipinski definition) is 3. The Balaban J connectivity index is 1.67. The maximum absolute atomic E-state index is 5.57. The minimum absolute atomic E-state index is 0.433. The van der Waals surface area contributed by atoms with Crippen LogP contribution in [0.2, 0.25) is 0 Å². The van der Waals surface area contributed by atoms with E-state index in [1.807, 2.05) is 0 Å². The maximum Gasteiger partial charge on any atom is 0.0561 e. The molecule has 0 amide bonds. The van der Waals surface area contributed by atoms with Crippen LogP contribution in [-0.4, -0.2) is 37.4 Å². The highest BCUT2D eigenvalue weighted by atomic mass is 16.5. The highest BCUT2D eigenvalue weighted by Crippen LogP contribution is 2.16. The van der Waals surface area contributed by atoms with Gasteiger partial charge < -0.3 is 15.4 Å². The lowest BCUT2D eigenvalue weighted by Gasteiger charge is -2.31. The predicted molar refractivity (Wildman–Crippen MR) is 66.7 cm³/mol. The summed E-state index contributed by atoms with van der Waals surface area (Å²) in [5.41, 5.74) is 0. The Bertz CT molecular complexity index is 204. The van der Waals surface area contributed by atoms with Gasteiger partial charge in [-0.1, -0.05) is 0 Å². The molecule has 3 nitrogen and oxygen atoms in total. The zero-order valence-electron chi connectivity index (χ0n) is 10.7. The van der Waals surface area contributed by atoms with Gasteiger partial charge in [0.2, 0.25) is 0 Å². The molecule has 4 atom stereocenters. The van der Waals surface area contributed by atoms with Crippen molar-refractivity contribution in [3.05, 3.63) is 0 Å². The van der Waals surface area contributed by atoms with Crippen LogP contribution >= 0.6 is 0 Å². The molecule has 0 radical (unpaired) electrons. The molecule has 2 aliphatic rings. The summed E-state index contributed by atoms with van der Waals surface area (Å²) < 4.78 is 5.57. The molecule has 4 unspecified atom stereocenters. The van der Waals surface area contributed by atoms with Crippen molar-refractivity contribution in [2.24, 2.45) is 0 Å². The first-order valence-corrected chi connectivity index (χ1v) is 6.85. The van der Waals surface area contributed by atoms with Gasteiger partial charge in [0.25, 0.3) is 0 Å². The zero-order valence-corrected chi connectivity index (χ0v) is 10.7. The Labute approximate surface area is 99.3 Å². The summed E-state index contributed by atoms with van der Waals surface area (Å²) in [5, 5.41) is 7.32. The van der Waals surface area contributed by atoms with Crippen LogP contribution in [0.15, 0.2) is 0 Å². The second-order valence-corrected chi connectivity index (χ2v) is 5.50. The van der Waals surface area contributed by atoms with Crippen LogP contribution in [0.1, 0.15) is 46.0 Å². The van der Waals surface area contributed by atoms with Crippen LogP contribution in [0.5, 0.6) is 0 Å². The number of rotatable bonds is 4. The van der Waals surface area contributed by atoms with Gasteiger partial charge in [0.05, 0.1) is 6.10 Å². The van der Waals surface area contributed by atoms with Crippen LogP contribution in [-0.2, 0) is 4.74 Å². The van der Waals surface area contributed by atoms with Gasteiger partial charge >= 0.3 is 0 Å². The smallest absolute Gasteiger partial charge is 0.0561 e. The molecule has 2 fully saturated rings. The number of nitrogens with one attached hydrogen (secondary N) is 2. The highest BCUT2D eigenvalue weighted by Gasteiger charge is 2.22. The Kier molecular flexibility index (Phi) is 4.62. The summed E-state index contributed by atoms with van der Waals surface area (Å²) in [6.45, 7) is 6.64. The Morgan fingerprint density at radius 2 is 2.31 bits per heavy atom. The van der Waals surface area contributed by atoms with E-state index in [4.69, 9.17) is 4.74 Å². The van der Waals surface area contributed by atoms with Gasteiger partial charge in [0, 0.05) is 24.7 Å². The van der Waals surface area contributed by atoms with Gasteiger partial charge in [-0.25, -0.2) is 0 Å². The van der Waals surface area contributed by atoms with Gasteiger partial charge in [0.15, 0.2) is 0 Å². The number of ether oxygens (including phenoxy) is 1. The van der Waals surface area contributed by atoms with E-state index in [1.54, 1.807) is 0 Å².